The van der Waals surface area contributed by atoms with Crippen molar-refractivity contribution in [3.05, 3.63) is 57.3 Å². The summed E-state index contributed by atoms with van der Waals surface area (Å²) in [6, 6.07) is 7.45. The number of benzene rings is 1. The zero-order valence-electron chi connectivity index (χ0n) is 16.7. The number of aromatic nitrogens is 3. The number of esters is 1. The molecule has 0 saturated heterocycles. The number of fused-ring (bicyclic) bond motifs is 1. The standard InChI is InChI=1S/C21H25N3O4/c1-5-11-23-15-9-7-8-10-16(15)24(21(23)27)12-17(25)19-13(3)18(14(4)22-19)20(26)28-6-2/h7-10,22H,5-6,11-12H2,1-4H3. The number of Topliss-reactive ketones (excluding diaryl/α,β-unsaturated/α-hetero) is 1. The number of aryl methyl sites for hydroxylation is 2. The SMILES string of the molecule is CCCn1c(=O)n(CC(=O)c2[nH]c(C)c(C(=O)OCC)c2C)c2ccccc21. The van der Waals surface area contributed by atoms with Gasteiger partial charge in [0.2, 0.25) is 0 Å². The maximum absolute atomic E-state index is 13.0. The number of rotatable bonds is 7. The van der Waals surface area contributed by atoms with E-state index in [2.05, 4.69) is 4.98 Å². The van der Waals surface area contributed by atoms with Gasteiger partial charge in [0.05, 0.1) is 35.4 Å². The van der Waals surface area contributed by atoms with E-state index in [-0.39, 0.29) is 24.6 Å². The molecule has 1 aromatic carbocycles. The fourth-order valence-electron chi connectivity index (χ4n) is 3.63. The molecule has 7 heteroatoms. The summed E-state index contributed by atoms with van der Waals surface area (Å²) in [6.07, 6.45) is 0.819. The molecule has 0 atom stereocenters. The second-order valence-corrected chi connectivity index (χ2v) is 6.78. The van der Waals surface area contributed by atoms with Crippen LogP contribution in [0.25, 0.3) is 11.0 Å². The molecule has 7 nitrogen and oxygen atoms in total. The van der Waals surface area contributed by atoms with Crippen molar-refractivity contribution in [1.29, 1.82) is 0 Å². The number of aromatic amines is 1. The number of imidazole rings is 1. The van der Waals surface area contributed by atoms with Crippen LogP contribution in [-0.4, -0.2) is 32.5 Å². The number of H-pyrrole nitrogens is 1. The highest BCUT2D eigenvalue weighted by molar-refractivity contribution is 6.01. The Hall–Kier alpha value is -3.09. The monoisotopic (exact) mass is 383 g/mol. The van der Waals surface area contributed by atoms with Crippen LogP contribution in [0.5, 0.6) is 0 Å². The minimum atomic E-state index is -0.454. The molecule has 2 heterocycles. The maximum atomic E-state index is 13.0. The molecular weight excluding hydrogens is 358 g/mol. The molecular formula is C21H25N3O4. The molecule has 0 bridgehead atoms. The molecule has 0 aliphatic heterocycles. The predicted octanol–water partition coefficient (Wildman–Crippen LogP) is 3.22. The van der Waals surface area contributed by atoms with E-state index >= 15 is 0 Å². The molecule has 0 aliphatic rings. The molecule has 0 fully saturated rings. The summed E-state index contributed by atoms with van der Waals surface area (Å²) in [5.41, 5.74) is 3.18. The van der Waals surface area contributed by atoms with Gasteiger partial charge < -0.3 is 9.72 Å². The summed E-state index contributed by atoms with van der Waals surface area (Å²) in [4.78, 5) is 41.0. The first-order chi connectivity index (χ1) is 13.4. The number of hydrogen-bond acceptors (Lipinski definition) is 4. The van der Waals surface area contributed by atoms with Crippen LogP contribution in [-0.2, 0) is 17.8 Å². The third-order valence-corrected chi connectivity index (χ3v) is 4.87. The van der Waals surface area contributed by atoms with Crippen LogP contribution in [0.1, 0.15) is 52.4 Å². The zero-order chi connectivity index (χ0) is 20.4. The molecule has 28 heavy (non-hydrogen) atoms. The number of ether oxygens (including phenoxy) is 1. The Morgan fingerprint density at radius 3 is 2.32 bits per heavy atom. The van der Waals surface area contributed by atoms with E-state index in [1.54, 1.807) is 25.3 Å². The Bertz CT molecular complexity index is 1100. The molecule has 3 aromatic rings. The van der Waals surface area contributed by atoms with E-state index in [9.17, 15) is 14.4 Å². The lowest BCUT2D eigenvalue weighted by Gasteiger charge is -2.04. The summed E-state index contributed by atoms with van der Waals surface area (Å²) in [5.74, 6) is -0.706. The van der Waals surface area contributed by atoms with Gasteiger partial charge in [-0.3, -0.25) is 13.9 Å². The van der Waals surface area contributed by atoms with Crippen LogP contribution in [0.4, 0.5) is 0 Å². The second kappa shape index (κ2) is 7.88. The largest absolute Gasteiger partial charge is 0.462 e. The van der Waals surface area contributed by atoms with Crippen LogP contribution < -0.4 is 5.69 Å². The van der Waals surface area contributed by atoms with E-state index in [1.165, 1.54) is 4.57 Å². The third-order valence-electron chi connectivity index (χ3n) is 4.87. The minimum Gasteiger partial charge on any atom is -0.462 e. The minimum absolute atomic E-state index is 0.0981. The number of carbonyl (C=O) groups is 2. The molecule has 0 spiro atoms. The highest BCUT2D eigenvalue weighted by Crippen LogP contribution is 2.21. The van der Waals surface area contributed by atoms with Crippen molar-refractivity contribution < 1.29 is 14.3 Å². The van der Waals surface area contributed by atoms with Gasteiger partial charge in [-0.2, -0.15) is 0 Å². The van der Waals surface area contributed by atoms with Crippen LogP contribution >= 0.6 is 0 Å². The molecule has 0 unspecified atom stereocenters. The van der Waals surface area contributed by atoms with Crippen molar-refractivity contribution in [3.8, 4) is 0 Å². The molecule has 0 saturated carbocycles. The first-order valence-corrected chi connectivity index (χ1v) is 9.48. The lowest BCUT2D eigenvalue weighted by atomic mass is 10.1. The Morgan fingerprint density at radius 2 is 1.71 bits per heavy atom. The number of carbonyl (C=O) groups excluding carboxylic acids is 2. The Labute approximate surface area is 162 Å². The lowest BCUT2D eigenvalue weighted by molar-refractivity contribution is 0.0525. The topological polar surface area (TPSA) is 86.1 Å². The number of nitrogens with zero attached hydrogens (tertiary/aromatic N) is 2. The van der Waals surface area contributed by atoms with Crippen LogP contribution in [0.3, 0.4) is 0 Å². The van der Waals surface area contributed by atoms with Gasteiger partial charge in [0.15, 0.2) is 5.78 Å². The number of nitrogens with one attached hydrogen (secondary N) is 1. The van der Waals surface area contributed by atoms with Crippen molar-refractivity contribution in [2.24, 2.45) is 0 Å². The molecule has 1 N–H and O–H groups in total. The number of ketones is 1. The zero-order valence-corrected chi connectivity index (χ0v) is 16.7. The fraction of sp³-hybridized carbons (Fsp3) is 0.381. The summed E-state index contributed by atoms with van der Waals surface area (Å²) in [6.45, 7) is 7.94. The average Bonchev–Trinajstić information content (AvgIpc) is 3.11. The van der Waals surface area contributed by atoms with E-state index in [4.69, 9.17) is 4.74 Å². The fourth-order valence-corrected chi connectivity index (χ4v) is 3.63. The predicted molar refractivity (Wildman–Crippen MR) is 107 cm³/mol. The normalized spacial score (nSPS) is 11.1. The molecule has 3 rings (SSSR count). The third kappa shape index (κ3) is 3.28. The average molecular weight is 383 g/mol. The number of hydrogen-bond donors (Lipinski definition) is 1. The Balaban J connectivity index is 2.01. The van der Waals surface area contributed by atoms with Crippen molar-refractivity contribution in [2.75, 3.05) is 6.61 Å². The highest BCUT2D eigenvalue weighted by atomic mass is 16.5. The van der Waals surface area contributed by atoms with E-state index in [0.717, 1.165) is 17.5 Å². The van der Waals surface area contributed by atoms with Crippen LogP contribution in [0, 0.1) is 13.8 Å². The van der Waals surface area contributed by atoms with Crippen molar-refractivity contribution in [3.63, 3.8) is 0 Å². The van der Waals surface area contributed by atoms with Gasteiger partial charge in [0, 0.05) is 12.2 Å². The van der Waals surface area contributed by atoms with Gasteiger partial charge >= 0.3 is 11.7 Å². The summed E-state index contributed by atoms with van der Waals surface area (Å²) >= 11 is 0. The quantitative estimate of drug-likeness (QED) is 0.501. The first kappa shape index (κ1) is 19.7. The van der Waals surface area contributed by atoms with Gasteiger partial charge in [0.1, 0.15) is 0 Å². The van der Waals surface area contributed by atoms with E-state index < -0.39 is 5.97 Å². The van der Waals surface area contributed by atoms with E-state index in [0.29, 0.717) is 29.1 Å². The second-order valence-electron chi connectivity index (χ2n) is 6.78. The van der Waals surface area contributed by atoms with Gasteiger partial charge in [-0.15, -0.1) is 0 Å². The van der Waals surface area contributed by atoms with Crippen molar-refractivity contribution >= 4 is 22.8 Å². The Morgan fingerprint density at radius 1 is 1.07 bits per heavy atom. The molecule has 0 amide bonds. The van der Waals surface area contributed by atoms with Gasteiger partial charge in [0.25, 0.3) is 0 Å². The Kier molecular flexibility index (Phi) is 5.53. The summed E-state index contributed by atoms with van der Waals surface area (Å²) in [5, 5.41) is 0. The highest BCUT2D eigenvalue weighted by Gasteiger charge is 2.24. The van der Waals surface area contributed by atoms with Crippen LogP contribution in [0.2, 0.25) is 0 Å². The first-order valence-electron chi connectivity index (χ1n) is 9.48. The van der Waals surface area contributed by atoms with Gasteiger partial charge in [-0.05, 0) is 44.9 Å². The van der Waals surface area contributed by atoms with Gasteiger partial charge in [-0.25, -0.2) is 9.59 Å². The lowest BCUT2D eigenvalue weighted by Crippen LogP contribution is -2.27. The van der Waals surface area contributed by atoms with Crippen LogP contribution in [0.15, 0.2) is 29.1 Å². The molecule has 0 aliphatic carbocycles. The van der Waals surface area contributed by atoms with Crippen molar-refractivity contribution in [2.45, 2.75) is 47.2 Å². The molecule has 0 radical (unpaired) electrons. The summed E-state index contributed by atoms with van der Waals surface area (Å²) < 4.78 is 8.27. The summed E-state index contributed by atoms with van der Waals surface area (Å²) in [7, 11) is 0. The number of para-hydroxylation sites is 2. The van der Waals surface area contributed by atoms with Gasteiger partial charge in [-0.1, -0.05) is 19.1 Å². The van der Waals surface area contributed by atoms with E-state index in [1.807, 2.05) is 31.2 Å². The smallest absolute Gasteiger partial charge is 0.340 e. The molecule has 2 aromatic heterocycles. The molecule has 148 valence electrons. The van der Waals surface area contributed by atoms with Crippen molar-refractivity contribution in [1.82, 2.24) is 14.1 Å². The maximum Gasteiger partial charge on any atom is 0.340 e.